The van der Waals surface area contributed by atoms with Gasteiger partial charge in [0.1, 0.15) is 0 Å². The van der Waals surface area contributed by atoms with E-state index in [4.69, 9.17) is 9.47 Å². The van der Waals surface area contributed by atoms with Crippen LogP contribution in [0.1, 0.15) is 95.1 Å². The number of amides is 1. The molecule has 0 bridgehead atoms. The van der Waals surface area contributed by atoms with Gasteiger partial charge in [-0.3, -0.25) is 4.79 Å². The molecule has 0 saturated heterocycles. The van der Waals surface area contributed by atoms with Crippen molar-refractivity contribution in [1.29, 1.82) is 0 Å². The van der Waals surface area contributed by atoms with Crippen LogP contribution in [0.4, 0.5) is 0 Å². The van der Waals surface area contributed by atoms with Crippen LogP contribution in [0.2, 0.25) is 0 Å². The van der Waals surface area contributed by atoms with Gasteiger partial charge in [0.05, 0.1) is 13.3 Å². The first-order chi connectivity index (χ1) is 18.1. The molecule has 0 aliphatic rings. The molecule has 0 aromatic heterocycles. The fraction of sp³-hybridized carbons (Fsp3) is 0.452. The molecule has 0 aliphatic carbocycles. The maximum Gasteiger partial charge on any atom is 0.336 e. The van der Waals surface area contributed by atoms with Crippen molar-refractivity contribution in [3.63, 3.8) is 0 Å². The maximum absolute atomic E-state index is 12.2. The third-order valence-corrected chi connectivity index (χ3v) is 6.02. The van der Waals surface area contributed by atoms with Crippen molar-refractivity contribution < 1.29 is 19.1 Å². The van der Waals surface area contributed by atoms with E-state index in [0.717, 1.165) is 18.4 Å². The second kappa shape index (κ2) is 18.8. The van der Waals surface area contributed by atoms with Gasteiger partial charge in [-0.2, -0.15) is 5.10 Å². The topological polar surface area (TPSA) is 77.0 Å². The predicted octanol–water partition coefficient (Wildman–Crippen LogP) is 7.47. The molecule has 0 atom stereocenters. The third-order valence-electron chi connectivity index (χ3n) is 6.02. The SMILES string of the molecule is CCCCCCCCCCCCCC(=O)N/N=C/c1ccc(OC(=O)/C=C/c2ccccc2)c(OC)c1. The highest BCUT2D eigenvalue weighted by molar-refractivity contribution is 5.89. The van der Waals surface area contributed by atoms with Crippen LogP contribution in [0.25, 0.3) is 6.08 Å². The van der Waals surface area contributed by atoms with Crippen molar-refractivity contribution in [2.45, 2.75) is 84.0 Å². The lowest BCUT2D eigenvalue weighted by atomic mass is 10.1. The van der Waals surface area contributed by atoms with E-state index in [-0.39, 0.29) is 5.91 Å². The van der Waals surface area contributed by atoms with Gasteiger partial charge in [0.2, 0.25) is 5.91 Å². The number of carbonyl (C=O) groups excluding carboxylic acids is 2. The zero-order valence-corrected chi connectivity index (χ0v) is 22.4. The molecule has 200 valence electrons. The summed E-state index contributed by atoms with van der Waals surface area (Å²) in [4.78, 5) is 24.2. The van der Waals surface area contributed by atoms with Gasteiger partial charge < -0.3 is 9.47 Å². The van der Waals surface area contributed by atoms with Crippen molar-refractivity contribution in [2.24, 2.45) is 5.10 Å². The van der Waals surface area contributed by atoms with E-state index < -0.39 is 5.97 Å². The number of unbranched alkanes of at least 4 members (excludes halogenated alkanes) is 10. The highest BCUT2D eigenvalue weighted by Gasteiger charge is 2.09. The summed E-state index contributed by atoms with van der Waals surface area (Å²) in [5.74, 6) is 0.119. The number of carbonyl (C=O) groups is 2. The molecular formula is C31H42N2O4. The van der Waals surface area contributed by atoms with E-state index >= 15 is 0 Å². The van der Waals surface area contributed by atoms with Gasteiger partial charge in [-0.05, 0) is 41.8 Å². The van der Waals surface area contributed by atoms with E-state index in [1.807, 2.05) is 30.3 Å². The van der Waals surface area contributed by atoms with Crippen molar-refractivity contribution in [1.82, 2.24) is 5.43 Å². The third kappa shape index (κ3) is 13.5. The fourth-order valence-corrected chi connectivity index (χ4v) is 3.90. The molecule has 2 aromatic rings. The average Bonchev–Trinajstić information content (AvgIpc) is 2.92. The molecule has 1 N–H and O–H groups in total. The highest BCUT2D eigenvalue weighted by Crippen LogP contribution is 2.28. The number of hydrogen-bond donors (Lipinski definition) is 1. The number of methoxy groups -OCH3 is 1. The van der Waals surface area contributed by atoms with E-state index in [1.165, 1.54) is 71.0 Å². The Labute approximate surface area is 222 Å². The Morgan fingerprint density at radius 1 is 0.811 bits per heavy atom. The Kier molecular flexibility index (Phi) is 15.2. The number of rotatable bonds is 18. The smallest absolute Gasteiger partial charge is 0.336 e. The molecule has 6 heteroatoms. The molecule has 0 aliphatic heterocycles. The Morgan fingerprint density at radius 2 is 1.46 bits per heavy atom. The van der Waals surface area contributed by atoms with Crippen LogP contribution < -0.4 is 14.9 Å². The molecule has 0 spiro atoms. The van der Waals surface area contributed by atoms with Gasteiger partial charge in [0, 0.05) is 12.5 Å². The van der Waals surface area contributed by atoms with E-state index in [0.29, 0.717) is 23.5 Å². The van der Waals surface area contributed by atoms with Crippen LogP contribution in [-0.2, 0) is 9.59 Å². The zero-order chi connectivity index (χ0) is 26.6. The summed E-state index contributed by atoms with van der Waals surface area (Å²) in [7, 11) is 1.50. The summed E-state index contributed by atoms with van der Waals surface area (Å²) < 4.78 is 10.7. The lowest BCUT2D eigenvalue weighted by molar-refractivity contribution is -0.129. The monoisotopic (exact) mass is 506 g/mol. The van der Waals surface area contributed by atoms with E-state index in [9.17, 15) is 9.59 Å². The molecule has 2 rings (SSSR count). The Morgan fingerprint density at radius 3 is 2.11 bits per heavy atom. The van der Waals surface area contributed by atoms with Crippen molar-refractivity contribution in [3.8, 4) is 11.5 Å². The minimum absolute atomic E-state index is 0.0881. The predicted molar refractivity (Wildman–Crippen MR) is 151 cm³/mol. The number of ether oxygens (including phenoxy) is 2. The first-order valence-electron chi connectivity index (χ1n) is 13.6. The Bertz CT molecular complexity index is 986. The molecule has 37 heavy (non-hydrogen) atoms. The number of hydrogen-bond acceptors (Lipinski definition) is 5. The normalized spacial score (nSPS) is 11.2. The van der Waals surface area contributed by atoms with Crippen LogP contribution in [0.15, 0.2) is 59.7 Å². The van der Waals surface area contributed by atoms with Crippen LogP contribution in [0.3, 0.4) is 0 Å². The van der Waals surface area contributed by atoms with Crippen molar-refractivity contribution in [2.75, 3.05) is 7.11 Å². The summed E-state index contributed by atoms with van der Waals surface area (Å²) in [5.41, 5.74) is 4.20. The lowest BCUT2D eigenvalue weighted by Crippen LogP contribution is -2.16. The second-order valence-corrected chi connectivity index (χ2v) is 9.15. The number of esters is 1. The molecule has 0 unspecified atom stereocenters. The molecule has 0 saturated carbocycles. The molecule has 0 fully saturated rings. The van der Waals surface area contributed by atoms with Gasteiger partial charge >= 0.3 is 5.97 Å². The summed E-state index contributed by atoms with van der Waals surface area (Å²) in [6.45, 7) is 2.25. The van der Waals surface area contributed by atoms with Gasteiger partial charge in [0.25, 0.3) is 0 Å². The molecular weight excluding hydrogens is 464 g/mol. The number of nitrogens with one attached hydrogen (secondary N) is 1. The van der Waals surface area contributed by atoms with Crippen molar-refractivity contribution in [3.05, 3.63) is 65.7 Å². The van der Waals surface area contributed by atoms with Crippen LogP contribution in [-0.4, -0.2) is 25.2 Å². The molecule has 1 amide bonds. The minimum Gasteiger partial charge on any atom is -0.493 e. The quantitative estimate of drug-likeness (QED) is 0.0568. The fourth-order valence-electron chi connectivity index (χ4n) is 3.90. The van der Waals surface area contributed by atoms with Gasteiger partial charge in [0.15, 0.2) is 11.5 Å². The first-order valence-corrected chi connectivity index (χ1v) is 13.6. The molecule has 6 nitrogen and oxygen atoms in total. The summed E-state index contributed by atoms with van der Waals surface area (Å²) in [6.07, 6.45) is 18.9. The van der Waals surface area contributed by atoms with E-state index in [1.54, 1.807) is 30.5 Å². The largest absolute Gasteiger partial charge is 0.493 e. The van der Waals surface area contributed by atoms with E-state index in [2.05, 4.69) is 17.5 Å². The summed E-state index contributed by atoms with van der Waals surface area (Å²) >= 11 is 0. The first kappa shape index (κ1) is 29.8. The minimum atomic E-state index is -0.502. The molecule has 2 aromatic carbocycles. The lowest BCUT2D eigenvalue weighted by Gasteiger charge is -2.08. The molecule has 0 radical (unpaired) electrons. The number of benzene rings is 2. The Balaban J connectivity index is 1.65. The standard InChI is InChI=1S/C31H42N2O4/c1-3-4-5-6-7-8-9-10-11-12-16-19-30(34)33-32-25-27-20-22-28(29(24-27)36-2)37-31(35)23-21-26-17-14-13-15-18-26/h13-15,17-18,20-25H,3-12,16,19H2,1-2H3,(H,33,34)/b23-21+,32-25+. The average molecular weight is 507 g/mol. The van der Waals surface area contributed by atoms with Crippen molar-refractivity contribution >= 4 is 24.2 Å². The maximum atomic E-state index is 12.2. The van der Waals surface area contributed by atoms with Gasteiger partial charge in [-0.1, -0.05) is 101 Å². The van der Waals surface area contributed by atoms with Gasteiger partial charge in [-0.25, -0.2) is 10.2 Å². The van der Waals surface area contributed by atoms with Crippen LogP contribution in [0.5, 0.6) is 11.5 Å². The van der Waals surface area contributed by atoms with Gasteiger partial charge in [-0.15, -0.1) is 0 Å². The van der Waals surface area contributed by atoms with Crippen LogP contribution in [0, 0.1) is 0 Å². The van der Waals surface area contributed by atoms with Crippen LogP contribution >= 0.6 is 0 Å². The zero-order valence-electron chi connectivity index (χ0n) is 22.4. The summed E-state index contributed by atoms with van der Waals surface area (Å²) in [5, 5.41) is 4.04. The summed E-state index contributed by atoms with van der Waals surface area (Å²) in [6, 6.07) is 14.6. The Hall–Kier alpha value is -3.41. The number of hydrazone groups is 1. The molecule has 0 heterocycles. The highest BCUT2D eigenvalue weighted by atomic mass is 16.6. The second-order valence-electron chi connectivity index (χ2n) is 9.15. The number of nitrogens with zero attached hydrogens (tertiary/aromatic N) is 1.